The van der Waals surface area contributed by atoms with Crippen molar-refractivity contribution in [3.8, 4) is 0 Å². The average Bonchev–Trinajstić information content (AvgIpc) is 2.34. The third-order valence-corrected chi connectivity index (χ3v) is 0.777. The van der Waals surface area contributed by atoms with E-state index in [0.717, 1.165) is 0 Å². The van der Waals surface area contributed by atoms with Gasteiger partial charge in [0.25, 0.3) is 5.89 Å². The first-order valence-corrected chi connectivity index (χ1v) is 2.56. The van der Waals surface area contributed by atoms with Crippen LogP contribution in [0, 0.1) is 6.92 Å². The van der Waals surface area contributed by atoms with Gasteiger partial charge in [0.2, 0.25) is 0 Å². The summed E-state index contributed by atoms with van der Waals surface area (Å²) in [6.45, 7) is 4.24. The molecule has 0 N–H and O–H groups in total. The molecule has 0 spiro atoms. The Morgan fingerprint density at radius 2 is 2.67 bits per heavy atom. The summed E-state index contributed by atoms with van der Waals surface area (Å²) >= 11 is 0. The molecule has 1 radical (unpaired) electrons. The number of rotatable bonds is 3. The van der Waals surface area contributed by atoms with Crippen LogP contribution in [0.5, 0.6) is 0 Å². The Labute approximate surface area is 52.8 Å². The Bertz CT molecular complexity index is 150. The van der Waals surface area contributed by atoms with Crippen LogP contribution in [0.25, 0.3) is 0 Å². The first kappa shape index (κ1) is 6.22. The predicted molar refractivity (Wildman–Crippen MR) is 29.3 cm³/mol. The molecule has 1 aromatic rings. The van der Waals surface area contributed by atoms with E-state index < -0.39 is 0 Å². The summed E-state index contributed by atoms with van der Waals surface area (Å²) in [6.07, 6.45) is 1.34. The minimum absolute atomic E-state index is 0.351. The summed E-state index contributed by atoms with van der Waals surface area (Å²) in [7, 11) is 0. The lowest BCUT2D eigenvalue weighted by Crippen LogP contribution is -1.90. The number of ether oxygens (including phenoxy) is 1. The Morgan fingerprint density at radius 3 is 3.22 bits per heavy atom. The number of nitrogens with zero attached hydrogens (tertiary/aromatic N) is 2. The van der Waals surface area contributed by atoms with Gasteiger partial charge in [-0.15, -0.1) is 0 Å². The second kappa shape index (κ2) is 3.19. The molecular weight excluding hydrogens is 120 g/mol. The molecule has 4 nitrogen and oxygen atoms in total. The van der Waals surface area contributed by atoms with E-state index in [1.165, 1.54) is 6.33 Å². The SMILES string of the molecule is [CH2]COCc1ncno1. The molecule has 0 atom stereocenters. The highest BCUT2D eigenvalue weighted by atomic mass is 16.5. The van der Waals surface area contributed by atoms with E-state index in [4.69, 9.17) is 4.74 Å². The Hall–Kier alpha value is -0.900. The van der Waals surface area contributed by atoms with Crippen LogP contribution in [-0.2, 0) is 11.3 Å². The molecule has 0 amide bonds. The zero-order chi connectivity index (χ0) is 6.53. The minimum atomic E-state index is 0.351. The lowest BCUT2D eigenvalue weighted by Gasteiger charge is -1.91. The van der Waals surface area contributed by atoms with E-state index in [1.807, 2.05) is 0 Å². The average molecular weight is 127 g/mol. The molecule has 49 valence electrons. The van der Waals surface area contributed by atoms with Crippen LogP contribution in [-0.4, -0.2) is 16.7 Å². The first-order chi connectivity index (χ1) is 4.43. The summed E-state index contributed by atoms with van der Waals surface area (Å²) in [4.78, 5) is 3.72. The third-order valence-electron chi connectivity index (χ3n) is 0.777. The van der Waals surface area contributed by atoms with E-state index in [0.29, 0.717) is 19.1 Å². The van der Waals surface area contributed by atoms with Crippen molar-refractivity contribution in [3.05, 3.63) is 19.1 Å². The standard InChI is InChI=1S/C5H7N2O2/c1-2-8-3-5-6-4-7-9-5/h4H,1-3H2. The van der Waals surface area contributed by atoms with Crippen LogP contribution in [0.2, 0.25) is 0 Å². The summed E-state index contributed by atoms with van der Waals surface area (Å²) in [5.41, 5.74) is 0. The molecule has 4 heteroatoms. The molecule has 0 saturated carbocycles. The fourth-order valence-corrected chi connectivity index (χ4v) is 0.419. The van der Waals surface area contributed by atoms with Crippen molar-refractivity contribution in [2.24, 2.45) is 0 Å². The van der Waals surface area contributed by atoms with Gasteiger partial charge in [-0.2, -0.15) is 4.98 Å². The number of aromatic nitrogens is 2. The van der Waals surface area contributed by atoms with Gasteiger partial charge in [-0.05, 0) is 6.92 Å². The summed E-state index contributed by atoms with van der Waals surface area (Å²) in [6, 6.07) is 0. The normalized spacial score (nSPS) is 9.89. The molecule has 0 bridgehead atoms. The first-order valence-electron chi connectivity index (χ1n) is 2.56. The molecular formula is C5H7N2O2. The van der Waals surface area contributed by atoms with Crippen LogP contribution in [0.4, 0.5) is 0 Å². The smallest absolute Gasteiger partial charge is 0.252 e. The molecule has 0 aliphatic rings. The molecule has 0 fully saturated rings. The van der Waals surface area contributed by atoms with Gasteiger partial charge < -0.3 is 9.26 Å². The second-order valence-electron chi connectivity index (χ2n) is 1.39. The lowest BCUT2D eigenvalue weighted by molar-refractivity contribution is 0.120. The molecule has 0 saturated heterocycles. The van der Waals surface area contributed by atoms with Crippen LogP contribution in [0.15, 0.2) is 10.9 Å². The molecule has 0 aliphatic carbocycles. The summed E-state index contributed by atoms with van der Waals surface area (Å²) < 4.78 is 9.49. The van der Waals surface area contributed by atoms with Gasteiger partial charge in [0.15, 0.2) is 6.33 Å². The highest BCUT2D eigenvalue weighted by Crippen LogP contribution is 1.92. The molecule has 0 aliphatic heterocycles. The van der Waals surface area contributed by atoms with E-state index in [2.05, 4.69) is 21.6 Å². The molecule has 9 heavy (non-hydrogen) atoms. The fourth-order valence-electron chi connectivity index (χ4n) is 0.419. The Kier molecular flexibility index (Phi) is 2.21. The lowest BCUT2D eigenvalue weighted by atomic mass is 10.7. The van der Waals surface area contributed by atoms with Crippen molar-refractivity contribution in [2.75, 3.05) is 6.61 Å². The Balaban J connectivity index is 2.30. The van der Waals surface area contributed by atoms with Crippen molar-refractivity contribution in [3.63, 3.8) is 0 Å². The Morgan fingerprint density at radius 1 is 1.78 bits per heavy atom. The molecule has 1 rings (SSSR count). The molecule has 0 unspecified atom stereocenters. The van der Waals surface area contributed by atoms with Gasteiger partial charge in [0, 0.05) is 6.61 Å². The highest BCUT2D eigenvalue weighted by molar-refractivity contribution is 4.68. The van der Waals surface area contributed by atoms with E-state index >= 15 is 0 Å². The summed E-state index contributed by atoms with van der Waals surface area (Å²) in [5.74, 6) is 0.485. The maximum Gasteiger partial charge on any atom is 0.252 e. The summed E-state index contributed by atoms with van der Waals surface area (Å²) in [5, 5.41) is 3.39. The van der Waals surface area contributed by atoms with Crippen LogP contribution in [0.3, 0.4) is 0 Å². The van der Waals surface area contributed by atoms with Gasteiger partial charge in [-0.25, -0.2) is 0 Å². The molecule has 1 heterocycles. The van der Waals surface area contributed by atoms with E-state index in [9.17, 15) is 0 Å². The van der Waals surface area contributed by atoms with Crippen LogP contribution >= 0.6 is 0 Å². The van der Waals surface area contributed by atoms with Gasteiger partial charge >= 0.3 is 0 Å². The predicted octanol–water partition coefficient (Wildman–Crippen LogP) is 0.420. The van der Waals surface area contributed by atoms with Crippen molar-refractivity contribution < 1.29 is 9.26 Å². The van der Waals surface area contributed by atoms with Gasteiger partial charge in [-0.3, -0.25) is 0 Å². The van der Waals surface area contributed by atoms with Crippen molar-refractivity contribution >= 4 is 0 Å². The quantitative estimate of drug-likeness (QED) is 0.590. The largest absolute Gasteiger partial charge is 0.372 e. The van der Waals surface area contributed by atoms with Crippen LogP contribution < -0.4 is 0 Å². The zero-order valence-corrected chi connectivity index (χ0v) is 4.91. The van der Waals surface area contributed by atoms with E-state index in [-0.39, 0.29) is 0 Å². The minimum Gasteiger partial charge on any atom is -0.372 e. The van der Waals surface area contributed by atoms with Gasteiger partial charge in [0.1, 0.15) is 6.61 Å². The molecule has 0 aromatic carbocycles. The second-order valence-corrected chi connectivity index (χ2v) is 1.39. The van der Waals surface area contributed by atoms with Crippen LogP contribution in [0.1, 0.15) is 5.89 Å². The maximum atomic E-state index is 4.87. The van der Waals surface area contributed by atoms with E-state index in [1.54, 1.807) is 0 Å². The third kappa shape index (κ3) is 1.81. The van der Waals surface area contributed by atoms with Crippen molar-refractivity contribution in [1.82, 2.24) is 10.1 Å². The maximum absolute atomic E-state index is 4.87. The van der Waals surface area contributed by atoms with Crippen molar-refractivity contribution in [2.45, 2.75) is 6.61 Å². The van der Waals surface area contributed by atoms with Crippen molar-refractivity contribution in [1.29, 1.82) is 0 Å². The molecule has 1 aromatic heterocycles. The van der Waals surface area contributed by atoms with Gasteiger partial charge in [-0.1, -0.05) is 5.16 Å². The highest BCUT2D eigenvalue weighted by Gasteiger charge is 1.94. The van der Waals surface area contributed by atoms with Gasteiger partial charge in [0.05, 0.1) is 0 Å². The number of hydrogen-bond donors (Lipinski definition) is 0. The monoisotopic (exact) mass is 127 g/mol. The number of hydrogen-bond acceptors (Lipinski definition) is 4. The fraction of sp³-hybridized carbons (Fsp3) is 0.400. The zero-order valence-electron chi connectivity index (χ0n) is 4.91. The topological polar surface area (TPSA) is 48.2 Å².